The molecule has 0 saturated carbocycles. The zero-order chi connectivity index (χ0) is 22.8. The summed E-state index contributed by atoms with van der Waals surface area (Å²) in [6.07, 6.45) is 2.27. The number of piperidine rings is 1. The highest BCUT2D eigenvalue weighted by atomic mass is 19.1. The van der Waals surface area contributed by atoms with E-state index in [0.717, 1.165) is 5.69 Å². The maximum Gasteiger partial charge on any atom is 0.149 e. The number of methoxy groups -OCH3 is 1. The van der Waals surface area contributed by atoms with Gasteiger partial charge in [0, 0.05) is 37.4 Å². The van der Waals surface area contributed by atoms with Crippen molar-refractivity contribution in [3.8, 4) is 22.9 Å². The lowest BCUT2D eigenvalue weighted by atomic mass is 10.1. The fourth-order valence-corrected chi connectivity index (χ4v) is 3.98. The molecule has 1 aliphatic heterocycles. The molecule has 33 heavy (non-hydrogen) atoms. The lowest BCUT2D eigenvalue weighted by Crippen LogP contribution is -2.44. The molecule has 0 amide bonds. The molecular formula is C24H24F2N4O3. The lowest BCUT2D eigenvalue weighted by molar-refractivity contribution is 0.0740. The number of pyridine rings is 2. The number of benzene rings is 1. The van der Waals surface area contributed by atoms with Crippen LogP contribution in [0.25, 0.3) is 27.9 Å². The number of aromatic nitrogens is 3. The van der Waals surface area contributed by atoms with E-state index in [2.05, 4.69) is 10.3 Å². The summed E-state index contributed by atoms with van der Waals surface area (Å²) < 4.78 is 47.0. The number of ether oxygens (including phenoxy) is 3. The van der Waals surface area contributed by atoms with Gasteiger partial charge in [-0.3, -0.25) is 4.40 Å². The first-order valence-electron chi connectivity index (χ1n) is 10.8. The van der Waals surface area contributed by atoms with Gasteiger partial charge in [-0.2, -0.15) is 0 Å². The summed E-state index contributed by atoms with van der Waals surface area (Å²) in [7, 11) is 1.62. The molecule has 0 bridgehead atoms. The van der Waals surface area contributed by atoms with Gasteiger partial charge in [0.2, 0.25) is 0 Å². The second kappa shape index (κ2) is 9.29. The first kappa shape index (κ1) is 21.5. The Balaban J connectivity index is 1.50. The van der Waals surface area contributed by atoms with Gasteiger partial charge in [-0.05, 0) is 31.2 Å². The van der Waals surface area contributed by atoms with E-state index in [1.807, 2.05) is 22.7 Å². The van der Waals surface area contributed by atoms with E-state index in [4.69, 9.17) is 19.2 Å². The second-order valence-electron chi connectivity index (χ2n) is 7.91. The molecule has 172 valence electrons. The highest BCUT2D eigenvalue weighted by molar-refractivity contribution is 5.86. The normalized spacial score (nSPS) is 18.6. The third-order valence-electron chi connectivity index (χ3n) is 5.65. The van der Waals surface area contributed by atoms with E-state index in [9.17, 15) is 8.78 Å². The molecule has 1 aliphatic rings. The summed E-state index contributed by atoms with van der Waals surface area (Å²) in [6.45, 7) is 1.81. The molecule has 0 spiro atoms. The minimum atomic E-state index is -1.17. The van der Waals surface area contributed by atoms with Crippen LogP contribution in [-0.2, 0) is 4.74 Å². The third-order valence-corrected chi connectivity index (χ3v) is 5.65. The van der Waals surface area contributed by atoms with Crippen LogP contribution in [0.4, 0.5) is 8.78 Å². The number of nitrogens with zero attached hydrogens (tertiary/aromatic N) is 3. The molecule has 1 N–H and O–H groups in total. The van der Waals surface area contributed by atoms with Crippen LogP contribution in [0.2, 0.25) is 0 Å². The van der Waals surface area contributed by atoms with Crippen molar-refractivity contribution in [3.05, 3.63) is 54.6 Å². The number of nitrogens with one attached hydrogen (secondary N) is 1. The smallest absolute Gasteiger partial charge is 0.149 e. The standard InChI is InChI=1S/C24H24F2N4O3/c1-31-8-9-32-17-5-7-30-20(14-28-23(30)12-17)19-3-2-15-10-16(25)11-22(24(15)29-19)33-21-4-6-27-13-18(21)26/h2-3,5,7,10-12,14,18,21,27H,4,6,8-9,13H2,1H3/t18-,21+/m0/s1. The van der Waals surface area contributed by atoms with Crippen LogP contribution in [0, 0.1) is 5.82 Å². The minimum Gasteiger partial charge on any atom is -0.491 e. The average Bonchev–Trinajstić information content (AvgIpc) is 3.24. The molecular weight excluding hydrogens is 430 g/mol. The van der Waals surface area contributed by atoms with Crippen molar-refractivity contribution >= 4 is 16.6 Å². The molecule has 4 aromatic rings. The largest absolute Gasteiger partial charge is 0.491 e. The monoisotopic (exact) mass is 454 g/mol. The summed E-state index contributed by atoms with van der Waals surface area (Å²) >= 11 is 0. The van der Waals surface area contributed by atoms with Gasteiger partial charge in [-0.1, -0.05) is 6.07 Å². The molecule has 2 atom stereocenters. The van der Waals surface area contributed by atoms with Crippen LogP contribution >= 0.6 is 0 Å². The molecule has 0 radical (unpaired) electrons. The summed E-state index contributed by atoms with van der Waals surface area (Å²) in [4.78, 5) is 9.21. The number of alkyl halides is 1. The van der Waals surface area contributed by atoms with Crippen LogP contribution in [0.3, 0.4) is 0 Å². The van der Waals surface area contributed by atoms with Crippen molar-refractivity contribution in [2.75, 3.05) is 33.4 Å². The number of halogens is 2. The van der Waals surface area contributed by atoms with Gasteiger partial charge in [0.25, 0.3) is 0 Å². The Kier molecular flexibility index (Phi) is 6.06. The Bertz CT molecular complexity index is 1280. The summed E-state index contributed by atoms with van der Waals surface area (Å²) in [5, 5.41) is 3.58. The van der Waals surface area contributed by atoms with Gasteiger partial charge < -0.3 is 19.5 Å². The maximum absolute atomic E-state index is 14.3. The third kappa shape index (κ3) is 4.46. The van der Waals surface area contributed by atoms with Crippen LogP contribution < -0.4 is 14.8 Å². The Labute approximate surface area is 189 Å². The first-order chi connectivity index (χ1) is 16.1. The predicted octanol–water partition coefficient (Wildman–Crippen LogP) is 3.79. The molecule has 0 unspecified atom stereocenters. The maximum atomic E-state index is 14.3. The van der Waals surface area contributed by atoms with Crippen molar-refractivity contribution in [1.29, 1.82) is 0 Å². The van der Waals surface area contributed by atoms with Gasteiger partial charge in [-0.25, -0.2) is 18.7 Å². The highest BCUT2D eigenvalue weighted by Gasteiger charge is 2.27. The first-order valence-corrected chi connectivity index (χ1v) is 10.8. The van der Waals surface area contributed by atoms with Crippen molar-refractivity contribution in [2.24, 2.45) is 0 Å². The molecule has 0 aliphatic carbocycles. The molecule has 1 aromatic carbocycles. The lowest BCUT2D eigenvalue weighted by Gasteiger charge is -2.27. The molecule has 9 heteroatoms. The Morgan fingerprint density at radius 1 is 1.18 bits per heavy atom. The van der Waals surface area contributed by atoms with Crippen molar-refractivity contribution in [2.45, 2.75) is 18.7 Å². The van der Waals surface area contributed by atoms with Gasteiger partial charge in [0.05, 0.1) is 24.2 Å². The molecule has 5 rings (SSSR count). The Hall–Kier alpha value is -3.30. The van der Waals surface area contributed by atoms with Crippen LogP contribution in [0.15, 0.2) is 48.8 Å². The Morgan fingerprint density at radius 2 is 2.09 bits per heavy atom. The number of imidazole rings is 1. The average molecular weight is 454 g/mol. The van der Waals surface area contributed by atoms with Crippen molar-refractivity contribution in [3.63, 3.8) is 0 Å². The number of hydrogen-bond acceptors (Lipinski definition) is 6. The van der Waals surface area contributed by atoms with E-state index in [1.165, 1.54) is 12.1 Å². The van der Waals surface area contributed by atoms with Gasteiger partial charge in [0.1, 0.15) is 47.4 Å². The van der Waals surface area contributed by atoms with E-state index >= 15 is 0 Å². The van der Waals surface area contributed by atoms with Crippen molar-refractivity contribution in [1.82, 2.24) is 19.7 Å². The fourth-order valence-electron chi connectivity index (χ4n) is 3.98. The van der Waals surface area contributed by atoms with E-state index in [1.54, 1.807) is 25.4 Å². The molecule has 1 fully saturated rings. The van der Waals surface area contributed by atoms with E-state index < -0.39 is 18.1 Å². The quantitative estimate of drug-likeness (QED) is 0.429. The van der Waals surface area contributed by atoms with Gasteiger partial charge in [0.15, 0.2) is 0 Å². The van der Waals surface area contributed by atoms with Crippen LogP contribution in [0.1, 0.15) is 6.42 Å². The summed E-state index contributed by atoms with van der Waals surface area (Å²) in [5.41, 5.74) is 2.58. The van der Waals surface area contributed by atoms with Crippen molar-refractivity contribution < 1.29 is 23.0 Å². The molecule has 4 heterocycles. The van der Waals surface area contributed by atoms with Gasteiger partial charge >= 0.3 is 0 Å². The summed E-state index contributed by atoms with van der Waals surface area (Å²) in [5.74, 6) is 0.480. The van der Waals surface area contributed by atoms with Crippen LogP contribution in [-0.4, -0.2) is 60.1 Å². The molecule has 3 aromatic heterocycles. The highest BCUT2D eigenvalue weighted by Crippen LogP contribution is 2.31. The predicted molar refractivity (Wildman–Crippen MR) is 120 cm³/mol. The minimum absolute atomic E-state index is 0.218. The van der Waals surface area contributed by atoms with Crippen LogP contribution in [0.5, 0.6) is 11.5 Å². The molecule has 1 saturated heterocycles. The number of hydrogen-bond donors (Lipinski definition) is 1. The van der Waals surface area contributed by atoms with E-state index in [0.29, 0.717) is 54.2 Å². The molecule has 7 nitrogen and oxygen atoms in total. The zero-order valence-electron chi connectivity index (χ0n) is 18.1. The van der Waals surface area contributed by atoms with E-state index in [-0.39, 0.29) is 12.3 Å². The Morgan fingerprint density at radius 3 is 2.94 bits per heavy atom. The second-order valence-corrected chi connectivity index (χ2v) is 7.91. The zero-order valence-corrected chi connectivity index (χ0v) is 18.1. The van der Waals surface area contributed by atoms with Gasteiger partial charge in [-0.15, -0.1) is 0 Å². The number of fused-ring (bicyclic) bond motifs is 2. The topological polar surface area (TPSA) is 69.9 Å². The number of rotatable bonds is 7. The fraction of sp³-hybridized carbons (Fsp3) is 0.333. The SMILES string of the molecule is COCCOc1ccn2c(-c3ccc4cc(F)cc(O[C@@H]5CCNC[C@@H]5F)c4n3)cnc2c1. The summed E-state index contributed by atoms with van der Waals surface area (Å²) in [6, 6.07) is 9.93.